The Labute approximate surface area is 271 Å². The molecule has 2 fully saturated rings. The second kappa shape index (κ2) is 16.0. The molecule has 45 heavy (non-hydrogen) atoms. The van der Waals surface area contributed by atoms with Gasteiger partial charge in [0.05, 0.1) is 36.1 Å². The number of hydrogen-bond acceptors (Lipinski definition) is 10. The molecule has 2 amide bonds. The number of anilines is 1. The molecule has 12 nitrogen and oxygen atoms in total. The van der Waals surface area contributed by atoms with Gasteiger partial charge in [0.1, 0.15) is 17.3 Å². The van der Waals surface area contributed by atoms with E-state index in [1.165, 1.54) is 12.4 Å². The first kappa shape index (κ1) is 35.7. The van der Waals surface area contributed by atoms with Crippen molar-refractivity contribution in [2.75, 3.05) is 31.6 Å². The number of amides is 2. The lowest BCUT2D eigenvalue weighted by Crippen LogP contribution is -2.44. The second-order valence-electron chi connectivity index (χ2n) is 10.8. The van der Waals surface area contributed by atoms with Crippen LogP contribution in [0.25, 0.3) is 11.2 Å². The first-order valence-electron chi connectivity index (χ1n) is 14.5. The van der Waals surface area contributed by atoms with E-state index in [4.69, 9.17) is 31.7 Å². The van der Waals surface area contributed by atoms with Crippen molar-refractivity contribution >= 4 is 58.8 Å². The van der Waals surface area contributed by atoms with Gasteiger partial charge < -0.3 is 25.0 Å². The highest BCUT2D eigenvalue weighted by Gasteiger charge is 2.32. The highest BCUT2D eigenvalue weighted by atomic mass is 35.5. The van der Waals surface area contributed by atoms with Gasteiger partial charge in [-0.25, -0.2) is 13.9 Å². The Bertz CT molecular complexity index is 1550. The van der Waals surface area contributed by atoms with Crippen molar-refractivity contribution in [1.82, 2.24) is 24.2 Å². The zero-order valence-electron chi connectivity index (χ0n) is 26.1. The SMILES string of the molecule is CC.CC(C)NC(=O)c1cn(SF)c2ncc(C(=N)c3ccc(Cl)cc3NCC3COC(C)(C)O3)nc12.N#CC1CN(C=O)C1. The lowest BCUT2D eigenvalue weighted by molar-refractivity contribution is -0.136. The van der Waals surface area contributed by atoms with Crippen LogP contribution in [-0.2, 0) is 14.3 Å². The van der Waals surface area contributed by atoms with Gasteiger partial charge in [-0.3, -0.25) is 15.0 Å². The monoisotopic (exact) mass is 660 g/mol. The van der Waals surface area contributed by atoms with E-state index in [1.54, 1.807) is 23.1 Å². The summed E-state index contributed by atoms with van der Waals surface area (Å²) in [6, 6.07) is 7.06. The van der Waals surface area contributed by atoms with Crippen LogP contribution in [0.1, 0.15) is 63.2 Å². The van der Waals surface area contributed by atoms with Crippen LogP contribution in [0.2, 0.25) is 5.02 Å². The third-order valence-electron chi connectivity index (χ3n) is 6.54. The molecule has 1 unspecified atom stereocenters. The number of fused-ring (bicyclic) bond motifs is 1. The summed E-state index contributed by atoms with van der Waals surface area (Å²) in [4.78, 5) is 32.9. The van der Waals surface area contributed by atoms with Gasteiger partial charge in [0.25, 0.3) is 5.91 Å². The van der Waals surface area contributed by atoms with Crippen molar-refractivity contribution in [2.45, 2.75) is 59.5 Å². The zero-order chi connectivity index (χ0) is 33.3. The summed E-state index contributed by atoms with van der Waals surface area (Å²) in [7, 11) is 0. The maximum atomic E-state index is 13.5. The van der Waals surface area contributed by atoms with Gasteiger partial charge in [-0.1, -0.05) is 25.4 Å². The standard InChI is InChI=1S/C23H26ClFN6O3S.C5H6N2O.C2H6/c1-12(2)29-22(32)16-10-31(35-25)21-20(16)30-18(9-28-21)19(26)15-6-5-13(24)7-17(15)27-8-14-11-33-23(3,4)34-14;6-1-5-2-7(3-5)4-8;1-2/h5-7,9-10,12,14,26-27H,8,11H2,1-4H3,(H,29,32);4-5H,2-3H2;1-2H3. The van der Waals surface area contributed by atoms with Gasteiger partial charge in [0.15, 0.2) is 23.8 Å². The van der Waals surface area contributed by atoms with Gasteiger partial charge in [0, 0.05) is 48.1 Å². The fraction of sp³-hybridized carbons (Fsp3) is 0.467. The number of rotatable bonds is 9. The number of aromatic nitrogens is 3. The van der Waals surface area contributed by atoms with Gasteiger partial charge in [-0.2, -0.15) is 5.26 Å². The molecule has 1 atom stereocenters. The average molecular weight is 661 g/mol. The average Bonchev–Trinajstić information content (AvgIpc) is 3.55. The Morgan fingerprint density at radius 2 is 2.04 bits per heavy atom. The van der Waals surface area contributed by atoms with Gasteiger partial charge in [-0.15, -0.1) is 3.89 Å². The van der Waals surface area contributed by atoms with Crippen molar-refractivity contribution in [3.05, 3.63) is 52.4 Å². The minimum absolute atomic E-state index is 0.0679. The van der Waals surface area contributed by atoms with Gasteiger partial charge in [-0.05, 0) is 45.9 Å². The van der Waals surface area contributed by atoms with Crippen LogP contribution < -0.4 is 10.6 Å². The minimum atomic E-state index is -0.644. The predicted molar refractivity (Wildman–Crippen MR) is 173 cm³/mol. The number of carbonyl (C=O) groups excluding carboxylic acids is 2. The molecule has 0 saturated carbocycles. The van der Waals surface area contributed by atoms with Crippen molar-refractivity contribution < 1.29 is 22.9 Å². The minimum Gasteiger partial charge on any atom is -0.382 e. The molecule has 5 rings (SSSR count). The summed E-state index contributed by atoms with van der Waals surface area (Å²) in [6.45, 7) is 13.5. The number of hydrogen-bond donors (Lipinski definition) is 3. The first-order valence-corrected chi connectivity index (χ1v) is 15.5. The van der Waals surface area contributed by atoms with Crippen molar-refractivity contribution in [1.29, 1.82) is 10.7 Å². The van der Waals surface area contributed by atoms with Crippen molar-refractivity contribution in [3.8, 4) is 6.07 Å². The second-order valence-corrected chi connectivity index (χ2v) is 11.7. The van der Waals surface area contributed by atoms with E-state index in [1.807, 2.05) is 41.5 Å². The smallest absolute Gasteiger partial charge is 0.255 e. The van der Waals surface area contributed by atoms with Crippen LogP contribution in [0.15, 0.2) is 30.6 Å². The summed E-state index contributed by atoms with van der Waals surface area (Å²) in [5.41, 5.74) is 2.02. The number of nitrogens with zero attached hydrogens (tertiary/aromatic N) is 5. The van der Waals surface area contributed by atoms with E-state index in [2.05, 4.69) is 26.7 Å². The van der Waals surface area contributed by atoms with Crippen LogP contribution in [0.3, 0.4) is 0 Å². The quantitative estimate of drug-likeness (QED) is 0.207. The van der Waals surface area contributed by atoms with E-state index in [9.17, 15) is 13.5 Å². The molecule has 2 saturated heterocycles. The van der Waals surface area contributed by atoms with Gasteiger partial charge >= 0.3 is 0 Å². The van der Waals surface area contributed by atoms with Crippen LogP contribution in [0.5, 0.6) is 0 Å². The molecule has 0 radical (unpaired) electrons. The third kappa shape index (κ3) is 9.13. The molecule has 2 aliphatic rings. The molecule has 15 heteroatoms. The van der Waals surface area contributed by atoms with E-state index < -0.39 is 11.7 Å². The van der Waals surface area contributed by atoms with Crippen molar-refractivity contribution in [3.63, 3.8) is 0 Å². The highest BCUT2D eigenvalue weighted by molar-refractivity contribution is 7.92. The lowest BCUT2D eigenvalue weighted by Gasteiger charge is -2.31. The molecule has 0 aliphatic carbocycles. The first-order chi connectivity index (χ1) is 21.4. The molecule has 3 aromatic rings. The van der Waals surface area contributed by atoms with Crippen LogP contribution in [-0.4, -0.2) is 81.0 Å². The Morgan fingerprint density at radius 3 is 2.62 bits per heavy atom. The summed E-state index contributed by atoms with van der Waals surface area (Å²) in [6.07, 6.45) is 3.34. The van der Waals surface area contributed by atoms with Crippen LogP contribution >= 0.6 is 23.9 Å². The molecule has 0 spiro atoms. The molecule has 242 valence electrons. The van der Waals surface area contributed by atoms with E-state index in [0.717, 1.165) is 10.4 Å². The number of nitriles is 1. The molecular weight excluding hydrogens is 623 g/mol. The topological polar surface area (TPSA) is 158 Å². The summed E-state index contributed by atoms with van der Waals surface area (Å²) in [5.74, 6) is -0.943. The van der Waals surface area contributed by atoms with E-state index in [-0.39, 0.29) is 58.5 Å². The van der Waals surface area contributed by atoms with Crippen LogP contribution in [0, 0.1) is 22.7 Å². The Kier molecular flexibility index (Phi) is 12.7. The molecule has 4 heterocycles. The third-order valence-corrected chi connectivity index (χ3v) is 7.20. The van der Waals surface area contributed by atoms with Crippen LogP contribution in [0.4, 0.5) is 9.57 Å². The molecule has 2 aliphatic heterocycles. The molecule has 0 bridgehead atoms. The molecule has 2 aromatic heterocycles. The fourth-order valence-electron chi connectivity index (χ4n) is 4.43. The molecular formula is C30H38ClFN8O4S. The number of likely N-dealkylation sites (tertiary alicyclic amines) is 1. The molecule has 3 N–H and O–H groups in total. The maximum absolute atomic E-state index is 13.5. The number of ether oxygens (including phenoxy) is 2. The molecule has 1 aromatic carbocycles. The lowest BCUT2D eigenvalue weighted by atomic mass is 10.0. The van der Waals surface area contributed by atoms with Gasteiger partial charge in [0.2, 0.25) is 6.41 Å². The number of halogens is 2. The number of benzene rings is 1. The largest absolute Gasteiger partial charge is 0.382 e. The van der Waals surface area contributed by atoms with E-state index in [0.29, 0.717) is 42.5 Å². The van der Waals surface area contributed by atoms with Crippen molar-refractivity contribution in [2.24, 2.45) is 5.92 Å². The van der Waals surface area contributed by atoms with E-state index >= 15 is 0 Å². The number of nitrogens with one attached hydrogen (secondary N) is 3. The fourth-order valence-corrected chi connectivity index (χ4v) is 4.95. The Morgan fingerprint density at radius 1 is 1.33 bits per heavy atom. The zero-order valence-corrected chi connectivity index (χ0v) is 27.6. The predicted octanol–water partition coefficient (Wildman–Crippen LogP) is 5.21. The summed E-state index contributed by atoms with van der Waals surface area (Å²) < 4.78 is 26.0. The maximum Gasteiger partial charge on any atom is 0.255 e. The Balaban J connectivity index is 0.000000475. The normalized spacial score (nSPS) is 16.9. The Hall–Kier alpha value is -3.77. The highest BCUT2D eigenvalue weighted by Crippen LogP contribution is 2.28. The summed E-state index contributed by atoms with van der Waals surface area (Å²) >= 11 is 6.14. The summed E-state index contributed by atoms with van der Waals surface area (Å²) in [5, 5.41) is 23.6. The number of carbonyl (C=O) groups is 2.